The van der Waals surface area contributed by atoms with Crippen LogP contribution >= 0.6 is 28.1 Å². The summed E-state index contributed by atoms with van der Waals surface area (Å²) in [6, 6.07) is 1.50. The summed E-state index contributed by atoms with van der Waals surface area (Å²) in [6.45, 7) is 3.06. The number of hydrogen-bond donors (Lipinski definition) is 5. The second kappa shape index (κ2) is 7.47. The van der Waals surface area contributed by atoms with E-state index in [-0.39, 0.29) is 23.1 Å². The SMILES string of the molecule is CC(C)(CO)NC(=O)c1cc(Br)cnc1NC(=S)NC(=O)O. The molecule has 0 saturated heterocycles. The molecule has 0 fully saturated rings. The van der Waals surface area contributed by atoms with E-state index >= 15 is 0 Å². The van der Waals surface area contributed by atoms with Crippen molar-refractivity contribution in [1.82, 2.24) is 15.6 Å². The van der Waals surface area contributed by atoms with Crippen molar-refractivity contribution in [3.63, 3.8) is 0 Å². The lowest BCUT2D eigenvalue weighted by atomic mass is 10.1. The molecular formula is C12H15BrN4O4S. The van der Waals surface area contributed by atoms with Crippen LogP contribution in [-0.2, 0) is 0 Å². The Bertz CT molecular complexity index is 609. The molecule has 1 aromatic rings. The molecule has 1 aromatic heterocycles. The van der Waals surface area contributed by atoms with Crippen LogP contribution in [0.2, 0.25) is 0 Å². The lowest BCUT2D eigenvalue weighted by Crippen LogP contribution is -2.46. The fraction of sp³-hybridized carbons (Fsp3) is 0.333. The molecule has 0 aliphatic heterocycles. The monoisotopic (exact) mass is 390 g/mol. The topological polar surface area (TPSA) is 124 Å². The number of aliphatic hydroxyl groups is 1. The molecule has 0 unspecified atom stereocenters. The molecule has 10 heteroatoms. The smallest absolute Gasteiger partial charge is 0.410 e. The first kappa shape index (κ1) is 18.3. The number of pyridine rings is 1. The minimum atomic E-state index is -1.33. The molecule has 1 heterocycles. The number of aromatic nitrogens is 1. The lowest BCUT2D eigenvalue weighted by Gasteiger charge is -2.24. The normalized spacial score (nSPS) is 10.7. The van der Waals surface area contributed by atoms with E-state index in [9.17, 15) is 14.7 Å². The van der Waals surface area contributed by atoms with Gasteiger partial charge in [0.1, 0.15) is 5.82 Å². The molecule has 0 atom stereocenters. The van der Waals surface area contributed by atoms with E-state index < -0.39 is 17.5 Å². The molecule has 0 radical (unpaired) electrons. The van der Waals surface area contributed by atoms with E-state index in [1.165, 1.54) is 12.3 Å². The summed E-state index contributed by atoms with van der Waals surface area (Å²) in [5.41, 5.74) is -0.679. The van der Waals surface area contributed by atoms with Gasteiger partial charge >= 0.3 is 6.09 Å². The van der Waals surface area contributed by atoms with E-state index in [4.69, 9.17) is 17.3 Å². The van der Waals surface area contributed by atoms with Crippen molar-refractivity contribution in [2.45, 2.75) is 19.4 Å². The average Bonchev–Trinajstić information content (AvgIpc) is 2.39. The van der Waals surface area contributed by atoms with Crippen LogP contribution in [0.4, 0.5) is 10.6 Å². The number of halogens is 1. The number of anilines is 1. The second-order valence-corrected chi connectivity index (χ2v) is 6.25. The van der Waals surface area contributed by atoms with Gasteiger partial charge in [0, 0.05) is 10.7 Å². The quantitative estimate of drug-likeness (QED) is 0.491. The summed E-state index contributed by atoms with van der Waals surface area (Å²) < 4.78 is 0.558. The standard InChI is InChI=1S/C12H15BrN4O4S/c1-12(2,5-18)17-9(19)7-3-6(13)4-14-8(7)15-10(22)16-11(20)21/h3-4,18H,5H2,1-2H3,(H,17,19)(H,20,21)(H2,14,15,16,22). The van der Waals surface area contributed by atoms with Crippen molar-refractivity contribution in [3.8, 4) is 0 Å². The van der Waals surface area contributed by atoms with Crippen molar-refractivity contribution in [2.24, 2.45) is 0 Å². The van der Waals surface area contributed by atoms with E-state index in [1.54, 1.807) is 13.8 Å². The Morgan fingerprint density at radius 1 is 1.45 bits per heavy atom. The van der Waals surface area contributed by atoms with Crippen LogP contribution < -0.4 is 16.0 Å². The zero-order chi connectivity index (χ0) is 16.9. The fourth-order valence-electron chi connectivity index (χ4n) is 1.36. The van der Waals surface area contributed by atoms with Gasteiger partial charge in [-0.3, -0.25) is 10.1 Å². The minimum absolute atomic E-state index is 0.0909. The highest BCUT2D eigenvalue weighted by molar-refractivity contribution is 9.10. The maximum absolute atomic E-state index is 12.3. The fourth-order valence-corrected chi connectivity index (χ4v) is 1.88. The van der Waals surface area contributed by atoms with Gasteiger partial charge in [-0.05, 0) is 48.1 Å². The van der Waals surface area contributed by atoms with Gasteiger partial charge in [-0.1, -0.05) is 0 Å². The lowest BCUT2D eigenvalue weighted by molar-refractivity contribution is 0.0870. The molecule has 0 saturated carbocycles. The second-order valence-electron chi connectivity index (χ2n) is 4.93. The van der Waals surface area contributed by atoms with Gasteiger partial charge in [-0.15, -0.1) is 0 Å². The van der Waals surface area contributed by atoms with Crippen molar-refractivity contribution in [3.05, 3.63) is 22.3 Å². The highest BCUT2D eigenvalue weighted by atomic mass is 79.9. The van der Waals surface area contributed by atoms with E-state index in [2.05, 4.69) is 31.5 Å². The first-order chi connectivity index (χ1) is 10.1. The van der Waals surface area contributed by atoms with Gasteiger partial charge in [-0.2, -0.15) is 0 Å². The number of hydrogen-bond acceptors (Lipinski definition) is 5. The first-order valence-electron chi connectivity index (χ1n) is 6.04. The number of amides is 2. The zero-order valence-corrected chi connectivity index (χ0v) is 14.2. The van der Waals surface area contributed by atoms with E-state index in [1.807, 2.05) is 5.32 Å². The Kier molecular flexibility index (Phi) is 6.21. The number of carboxylic acid groups (broad SMARTS) is 1. The molecular weight excluding hydrogens is 376 g/mol. The zero-order valence-electron chi connectivity index (χ0n) is 11.8. The molecule has 120 valence electrons. The summed E-state index contributed by atoms with van der Waals surface area (Å²) in [6.07, 6.45) is 0.0988. The van der Waals surface area contributed by atoms with Gasteiger partial charge in [0.25, 0.3) is 5.91 Å². The number of nitrogens with one attached hydrogen (secondary N) is 3. The molecule has 0 spiro atoms. The van der Waals surface area contributed by atoms with Crippen LogP contribution in [0.1, 0.15) is 24.2 Å². The van der Waals surface area contributed by atoms with Crippen molar-refractivity contribution < 1.29 is 19.8 Å². The maximum atomic E-state index is 12.3. The third-order valence-electron chi connectivity index (χ3n) is 2.40. The molecule has 0 aromatic carbocycles. The predicted octanol–water partition coefficient (Wildman–Crippen LogP) is 1.31. The third-order valence-corrected chi connectivity index (χ3v) is 3.04. The Hall–Kier alpha value is -1.78. The molecule has 5 N–H and O–H groups in total. The molecule has 22 heavy (non-hydrogen) atoms. The minimum Gasteiger partial charge on any atom is -0.465 e. The summed E-state index contributed by atoms with van der Waals surface area (Å²) in [5.74, 6) is -0.401. The Morgan fingerprint density at radius 3 is 2.64 bits per heavy atom. The molecule has 2 amide bonds. The number of aliphatic hydroxyl groups excluding tert-OH is 1. The van der Waals surface area contributed by atoms with Crippen molar-refractivity contribution >= 4 is 51.1 Å². The molecule has 0 aliphatic carbocycles. The number of thiocarbonyl (C=S) groups is 1. The largest absolute Gasteiger partial charge is 0.465 e. The number of carbonyl (C=O) groups is 2. The molecule has 8 nitrogen and oxygen atoms in total. The van der Waals surface area contributed by atoms with E-state index in [0.29, 0.717) is 4.47 Å². The molecule has 0 bridgehead atoms. The summed E-state index contributed by atoms with van der Waals surface area (Å²) >= 11 is 8.00. The van der Waals surface area contributed by atoms with Gasteiger partial charge in [0.05, 0.1) is 17.7 Å². The highest BCUT2D eigenvalue weighted by Crippen LogP contribution is 2.19. The third kappa shape index (κ3) is 5.54. The average molecular weight is 391 g/mol. The number of rotatable bonds is 4. The highest BCUT2D eigenvalue weighted by Gasteiger charge is 2.23. The van der Waals surface area contributed by atoms with Gasteiger partial charge < -0.3 is 20.8 Å². The van der Waals surface area contributed by atoms with Crippen molar-refractivity contribution in [2.75, 3.05) is 11.9 Å². The summed E-state index contributed by atoms with van der Waals surface area (Å²) in [7, 11) is 0. The van der Waals surface area contributed by atoms with Crippen LogP contribution in [0.5, 0.6) is 0 Å². The predicted molar refractivity (Wildman–Crippen MR) is 87.9 cm³/mol. The van der Waals surface area contributed by atoms with E-state index in [0.717, 1.165) is 0 Å². The van der Waals surface area contributed by atoms with Gasteiger partial charge in [0.15, 0.2) is 5.11 Å². The van der Waals surface area contributed by atoms with Crippen LogP contribution in [-0.4, -0.2) is 44.5 Å². The summed E-state index contributed by atoms with van der Waals surface area (Å²) in [4.78, 5) is 26.8. The Morgan fingerprint density at radius 2 is 2.09 bits per heavy atom. The Balaban J connectivity index is 3.03. The molecule has 0 aliphatic rings. The van der Waals surface area contributed by atoms with Crippen LogP contribution in [0.3, 0.4) is 0 Å². The number of nitrogens with zero attached hydrogens (tertiary/aromatic N) is 1. The van der Waals surface area contributed by atoms with Gasteiger partial charge in [-0.25, -0.2) is 9.78 Å². The van der Waals surface area contributed by atoms with Gasteiger partial charge in [0.2, 0.25) is 0 Å². The molecule has 1 rings (SSSR count). The van der Waals surface area contributed by atoms with Crippen LogP contribution in [0, 0.1) is 0 Å². The first-order valence-corrected chi connectivity index (χ1v) is 7.24. The summed E-state index contributed by atoms with van der Waals surface area (Å²) in [5, 5.41) is 24.7. The van der Waals surface area contributed by atoms with Crippen LogP contribution in [0.25, 0.3) is 0 Å². The van der Waals surface area contributed by atoms with Crippen molar-refractivity contribution in [1.29, 1.82) is 0 Å². The maximum Gasteiger partial charge on any atom is 0.410 e. The van der Waals surface area contributed by atoms with Crippen LogP contribution in [0.15, 0.2) is 16.7 Å². The Labute approximate surface area is 140 Å². The number of carbonyl (C=O) groups excluding carboxylic acids is 1.